The molecule has 1 aliphatic rings. The van der Waals surface area contributed by atoms with Gasteiger partial charge in [0.25, 0.3) is 0 Å². The van der Waals surface area contributed by atoms with Gasteiger partial charge in [-0.25, -0.2) is 12.8 Å². The van der Waals surface area contributed by atoms with Crippen molar-refractivity contribution >= 4 is 27.3 Å². The maximum atomic E-state index is 14.1. The molecule has 3 rings (SSSR count). The summed E-state index contributed by atoms with van der Waals surface area (Å²) in [5, 5.41) is 2.96. The fourth-order valence-electron chi connectivity index (χ4n) is 4.03. The highest BCUT2D eigenvalue weighted by atomic mass is 32.2. The number of nitrogens with one attached hydrogen (secondary N) is 1. The van der Waals surface area contributed by atoms with Crippen molar-refractivity contribution in [1.29, 1.82) is 0 Å². The van der Waals surface area contributed by atoms with E-state index in [-0.39, 0.29) is 37.0 Å². The van der Waals surface area contributed by atoms with E-state index in [9.17, 15) is 17.6 Å². The number of para-hydroxylation sites is 1. The van der Waals surface area contributed by atoms with Crippen LogP contribution in [0.3, 0.4) is 0 Å². The lowest BCUT2D eigenvalue weighted by atomic mass is 10.1. The summed E-state index contributed by atoms with van der Waals surface area (Å²) in [6.07, 6.45) is 5.21. The SMILES string of the molecule is CC(NC(=O)CCCN(c1ccccc1F)S(C)(=O)=O)c1ccc(N2CCCCC2)cc1. The van der Waals surface area contributed by atoms with Crippen LogP contribution in [-0.4, -0.2) is 40.2 Å². The number of carbonyl (C=O) groups excluding carboxylic acids is 1. The Labute approximate surface area is 190 Å². The highest BCUT2D eigenvalue weighted by Gasteiger charge is 2.21. The molecule has 2 aromatic rings. The summed E-state index contributed by atoms with van der Waals surface area (Å²) in [6, 6.07) is 13.9. The number of rotatable bonds is 9. The van der Waals surface area contributed by atoms with Gasteiger partial charge < -0.3 is 10.2 Å². The van der Waals surface area contributed by atoms with Crippen LogP contribution >= 0.6 is 0 Å². The Morgan fingerprint density at radius 1 is 1.09 bits per heavy atom. The van der Waals surface area contributed by atoms with Gasteiger partial charge in [0.1, 0.15) is 5.82 Å². The van der Waals surface area contributed by atoms with Gasteiger partial charge in [0, 0.05) is 31.7 Å². The van der Waals surface area contributed by atoms with Gasteiger partial charge in [-0.2, -0.15) is 0 Å². The van der Waals surface area contributed by atoms with Crippen LogP contribution in [0.4, 0.5) is 15.8 Å². The Morgan fingerprint density at radius 3 is 2.38 bits per heavy atom. The van der Waals surface area contributed by atoms with Crippen molar-refractivity contribution in [3.63, 3.8) is 0 Å². The maximum Gasteiger partial charge on any atom is 0.232 e. The third-order valence-corrected chi connectivity index (χ3v) is 6.96. The van der Waals surface area contributed by atoms with E-state index in [1.807, 2.05) is 19.1 Å². The molecule has 8 heteroatoms. The van der Waals surface area contributed by atoms with E-state index >= 15 is 0 Å². The van der Waals surface area contributed by atoms with Crippen molar-refractivity contribution in [2.24, 2.45) is 0 Å². The van der Waals surface area contributed by atoms with Crippen molar-refractivity contribution in [3.05, 3.63) is 59.9 Å². The molecule has 1 amide bonds. The van der Waals surface area contributed by atoms with Crippen LogP contribution < -0.4 is 14.5 Å². The first kappa shape index (κ1) is 24.0. The van der Waals surface area contributed by atoms with Gasteiger partial charge in [0.2, 0.25) is 15.9 Å². The van der Waals surface area contributed by atoms with Gasteiger partial charge in [0.05, 0.1) is 18.0 Å². The quantitative estimate of drug-likeness (QED) is 0.606. The van der Waals surface area contributed by atoms with Crippen LogP contribution in [0.15, 0.2) is 48.5 Å². The molecular formula is C24H32FN3O3S. The molecular weight excluding hydrogens is 429 g/mol. The monoisotopic (exact) mass is 461 g/mol. The number of hydrogen-bond donors (Lipinski definition) is 1. The number of piperidine rings is 1. The highest BCUT2D eigenvalue weighted by Crippen LogP contribution is 2.23. The first-order valence-corrected chi connectivity index (χ1v) is 13.0. The normalized spacial score (nSPS) is 15.3. The van der Waals surface area contributed by atoms with Crippen LogP contribution in [0, 0.1) is 5.82 Å². The summed E-state index contributed by atoms with van der Waals surface area (Å²) in [5.41, 5.74) is 2.22. The van der Waals surface area contributed by atoms with Gasteiger partial charge in [0.15, 0.2) is 0 Å². The largest absolute Gasteiger partial charge is 0.372 e. The van der Waals surface area contributed by atoms with E-state index in [4.69, 9.17) is 0 Å². The minimum atomic E-state index is -3.66. The number of carbonyl (C=O) groups is 1. The van der Waals surface area contributed by atoms with Crippen LogP contribution in [0.25, 0.3) is 0 Å². The third-order valence-electron chi connectivity index (χ3n) is 5.78. The molecule has 0 aromatic heterocycles. The number of halogens is 1. The average molecular weight is 462 g/mol. The van der Waals surface area contributed by atoms with Gasteiger partial charge in [-0.3, -0.25) is 9.10 Å². The number of benzene rings is 2. The topological polar surface area (TPSA) is 69.7 Å². The maximum absolute atomic E-state index is 14.1. The molecule has 0 saturated carbocycles. The highest BCUT2D eigenvalue weighted by molar-refractivity contribution is 7.92. The lowest BCUT2D eigenvalue weighted by Gasteiger charge is -2.29. The van der Waals surface area contributed by atoms with Gasteiger partial charge in [-0.15, -0.1) is 0 Å². The molecule has 1 N–H and O–H groups in total. The number of hydrogen-bond acceptors (Lipinski definition) is 4. The van der Waals surface area contributed by atoms with Crippen LogP contribution in [-0.2, 0) is 14.8 Å². The Bertz CT molecular complexity index is 1010. The first-order chi connectivity index (χ1) is 15.3. The summed E-state index contributed by atoms with van der Waals surface area (Å²) < 4.78 is 39.3. The molecule has 0 aliphatic carbocycles. The summed E-state index contributed by atoms with van der Waals surface area (Å²) in [4.78, 5) is 14.8. The Morgan fingerprint density at radius 2 is 1.75 bits per heavy atom. The van der Waals surface area contributed by atoms with E-state index in [0.29, 0.717) is 0 Å². The minimum Gasteiger partial charge on any atom is -0.372 e. The predicted octanol–water partition coefficient (Wildman–Crippen LogP) is 4.24. The fraction of sp³-hybridized carbons (Fsp3) is 0.458. The molecule has 6 nitrogen and oxygen atoms in total. The Hall–Kier alpha value is -2.61. The fourth-order valence-corrected chi connectivity index (χ4v) is 4.99. The number of nitrogens with zero attached hydrogens (tertiary/aromatic N) is 2. The second-order valence-corrected chi connectivity index (χ2v) is 10.2. The molecule has 2 aromatic carbocycles. The van der Waals surface area contributed by atoms with Gasteiger partial charge in [-0.1, -0.05) is 24.3 Å². The smallest absolute Gasteiger partial charge is 0.232 e. The minimum absolute atomic E-state index is 0.00225. The van der Waals surface area contributed by atoms with Crippen LogP contribution in [0.1, 0.15) is 50.6 Å². The average Bonchev–Trinajstić information content (AvgIpc) is 2.77. The number of amides is 1. The van der Waals surface area contributed by atoms with Crippen molar-refractivity contribution in [3.8, 4) is 0 Å². The third kappa shape index (κ3) is 6.45. The summed E-state index contributed by atoms with van der Waals surface area (Å²) in [6.45, 7) is 4.13. The van der Waals surface area contributed by atoms with Crippen LogP contribution in [0.2, 0.25) is 0 Å². The van der Waals surface area contributed by atoms with E-state index in [2.05, 4.69) is 22.3 Å². The standard InChI is InChI=1S/C24H32FN3O3S/c1-19(20-12-14-21(15-13-20)27-16-6-3-7-17-27)26-24(29)11-8-18-28(32(2,30)31)23-10-5-4-9-22(23)25/h4-5,9-10,12-15,19H,3,6-8,11,16-18H2,1-2H3,(H,26,29). The van der Waals surface area contributed by atoms with Crippen LogP contribution in [0.5, 0.6) is 0 Å². The van der Waals surface area contributed by atoms with Crippen molar-refractivity contribution < 1.29 is 17.6 Å². The van der Waals surface area contributed by atoms with Gasteiger partial charge in [-0.05, 0) is 62.4 Å². The summed E-state index contributed by atoms with van der Waals surface area (Å²) in [7, 11) is -3.66. The molecule has 1 aliphatic heterocycles. The van der Waals surface area contributed by atoms with E-state index in [1.165, 1.54) is 43.1 Å². The van der Waals surface area contributed by atoms with Crippen molar-refractivity contribution in [1.82, 2.24) is 5.32 Å². The predicted molar refractivity (Wildman–Crippen MR) is 127 cm³/mol. The molecule has 1 atom stereocenters. The number of anilines is 2. The molecule has 0 radical (unpaired) electrons. The molecule has 32 heavy (non-hydrogen) atoms. The second-order valence-electron chi connectivity index (χ2n) is 8.32. The molecule has 174 valence electrons. The van der Waals surface area contributed by atoms with Gasteiger partial charge >= 0.3 is 0 Å². The molecule has 1 saturated heterocycles. The zero-order valence-corrected chi connectivity index (χ0v) is 19.6. The molecule has 1 fully saturated rings. The molecule has 1 heterocycles. The zero-order valence-electron chi connectivity index (χ0n) is 18.8. The van der Waals surface area contributed by atoms with E-state index in [0.717, 1.165) is 29.2 Å². The van der Waals surface area contributed by atoms with Crippen molar-refractivity contribution in [2.45, 2.75) is 45.1 Å². The first-order valence-electron chi connectivity index (χ1n) is 11.1. The Kier molecular flexibility index (Phi) is 8.12. The lowest BCUT2D eigenvalue weighted by Crippen LogP contribution is -2.33. The zero-order chi connectivity index (χ0) is 23.1. The number of sulfonamides is 1. The summed E-state index contributed by atoms with van der Waals surface area (Å²) >= 11 is 0. The second kappa shape index (κ2) is 10.8. The Balaban J connectivity index is 1.52. The van der Waals surface area contributed by atoms with E-state index < -0.39 is 15.8 Å². The lowest BCUT2D eigenvalue weighted by molar-refractivity contribution is -0.121. The molecule has 1 unspecified atom stereocenters. The summed E-state index contributed by atoms with van der Waals surface area (Å²) in [5.74, 6) is -0.774. The molecule has 0 spiro atoms. The molecule has 0 bridgehead atoms. The van der Waals surface area contributed by atoms with E-state index in [1.54, 1.807) is 6.07 Å². The van der Waals surface area contributed by atoms with Crippen molar-refractivity contribution in [2.75, 3.05) is 35.1 Å².